The van der Waals surface area contributed by atoms with Crippen molar-refractivity contribution in [2.24, 2.45) is 0 Å². The second-order valence-corrected chi connectivity index (χ2v) is 6.39. The largest absolute Gasteiger partial charge is 1.00 e. The molecule has 5 nitrogen and oxygen atoms in total. The number of ether oxygens (including phenoxy) is 2. The van der Waals surface area contributed by atoms with Crippen LogP contribution in [0.15, 0.2) is 48.5 Å². The summed E-state index contributed by atoms with van der Waals surface area (Å²) in [6.45, 7) is 4.82. The molecule has 0 fully saturated rings. The summed E-state index contributed by atoms with van der Waals surface area (Å²) in [5, 5.41) is 4.29. The third-order valence-corrected chi connectivity index (χ3v) is 4.26. The molecule has 6 heteroatoms. The number of aromatic nitrogens is 1. The number of carbonyl (C=O) groups is 1. The normalized spacial score (nSPS) is 10.2. The third-order valence-electron chi connectivity index (χ3n) is 4.26. The Morgan fingerprint density at radius 3 is 2.54 bits per heavy atom. The van der Waals surface area contributed by atoms with Gasteiger partial charge in [0.2, 0.25) is 0 Å². The number of anilines is 2. The van der Waals surface area contributed by atoms with Crippen molar-refractivity contribution in [2.75, 3.05) is 19.0 Å². The number of methoxy groups -OCH3 is 1. The number of rotatable bonds is 7. The van der Waals surface area contributed by atoms with Gasteiger partial charge in [-0.2, -0.15) is 0 Å². The van der Waals surface area contributed by atoms with Crippen molar-refractivity contribution in [1.29, 1.82) is 0 Å². The Labute approximate surface area is 171 Å². The van der Waals surface area contributed by atoms with Gasteiger partial charge in [0.25, 0.3) is 0 Å². The number of aryl methyl sites for hydroxylation is 1. The van der Waals surface area contributed by atoms with E-state index >= 15 is 0 Å². The molecule has 1 heterocycles. The van der Waals surface area contributed by atoms with Gasteiger partial charge in [-0.05, 0) is 61.9 Å². The van der Waals surface area contributed by atoms with E-state index in [1.165, 1.54) is 7.11 Å². The van der Waals surface area contributed by atoms with Gasteiger partial charge in [0.15, 0.2) is 0 Å². The van der Waals surface area contributed by atoms with Gasteiger partial charge in [-0.3, -0.25) is 4.98 Å². The van der Waals surface area contributed by atoms with Gasteiger partial charge in [0, 0.05) is 22.5 Å². The molecule has 0 bridgehead atoms. The Morgan fingerprint density at radius 2 is 1.86 bits per heavy atom. The van der Waals surface area contributed by atoms with Gasteiger partial charge in [-0.1, -0.05) is 13.3 Å². The fourth-order valence-corrected chi connectivity index (χ4v) is 2.83. The lowest BCUT2D eigenvalue weighted by Gasteiger charge is -2.12. The SMILES string of the molecule is CCCCOc1ccc(Nc2cc(C)nc3ccc(C(=O)OC)cc23)cc1.[Cl-]. The molecule has 28 heavy (non-hydrogen) atoms. The molecule has 0 unspecified atom stereocenters. The summed E-state index contributed by atoms with van der Waals surface area (Å²) < 4.78 is 10.5. The summed E-state index contributed by atoms with van der Waals surface area (Å²) >= 11 is 0. The summed E-state index contributed by atoms with van der Waals surface area (Å²) in [6, 6.07) is 15.2. The highest BCUT2D eigenvalue weighted by Crippen LogP contribution is 2.28. The van der Waals surface area contributed by atoms with E-state index in [9.17, 15) is 4.79 Å². The molecule has 0 aliphatic carbocycles. The summed E-state index contributed by atoms with van der Waals surface area (Å²) in [4.78, 5) is 16.4. The number of hydrogen-bond donors (Lipinski definition) is 1. The van der Waals surface area contributed by atoms with Crippen molar-refractivity contribution in [1.82, 2.24) is 4.98 Å². The number of unbranched alkanes of at least 4 members (excludes halogenated alkanes) is 1. The Morgan fingerprint density at radius 1 is 1.11 bits per heavy atom. The number of esters is 1. The first kappa shape index (κ1) is 21.5. The molecule has 0 spiro atoms. The smallest absolute Gasteiger partial charge is 0.337 e. The van der Waals surface area contributed by atoms with E-state index < -0.39 is 0 Å². The number of nitrogens with zero attached hydrogens (tertiary/aromatic N) is 1. The molecule has 0 aliphatic rings. The second kappa shape index (κ2) is 9.95. The molecule has 1 N–H and O–H groups in total. The molecule has 1 aromatic heterocycles. The number of nitrogens with one attached hydrogen (secondary N) is 1. The van der Waals surface area contributed by atoms with E-state index in [1.807, 2.05) is 43.3 Å². The van der Waals surface area contributed by atoms with Crippen LogP contribution in [0.5, 0.6) is 5.75 Å². The lowest BCUT2D eigenvalue weighted by molar-refractivity contribution is -0.0000207. The van der Waals surface area contributed by atoms with Crippen LogP contribution in [0, 0.1) is 6.92 Å². The minimum Gasteiger partial charge on any atom is -1.00 e. The molecule has 2 aromatic carbocycles. The van der Waals surface area contributed by atoms with E-state index in [1.54, 1.807) is 12.1 Å². The summed E-state index contributed by atoms with van der Waals surface area (Å²) in [5.41, 5.74) is 4.05. The quantitative estimate of drug-likeness (QED) is 0.488. The number of carbonyl (C=O) groups excluding carboxylic acids is 1. The molecule has 3 rings (SSSR count). The topological polar surface area (TPSA) is 60.5 Å². The standard InChI is InChI=1S/C22H24N2O3.ClH/c1-4-5-12-27-18-9-7-17(8-10-18)24-21-13-15(2)23-20-11-6-16(14-19(20)21)22(25)26-3;/h6-11,13-14H,4-5,12H2,1-3H3,(H,23,24);1H/p-1. The van der Waals surface area contributed by atoms with Crippen LogP contribution in [-0.2, 0) is 4.74 Å². The summed E-state index contributed by atoms with van der Waals surface area (Å²) in [5.74, 6) is 0.495. The van der Waals surface area contributed by atoms with E-state index in [0.717, 1.165) is 53.2 Å². The molecule has 0 saturated carbocycles. The Kier molecular flexibility index (Phi) is 7.64. The average Bonchev–Trinajstić information content (AvgIpc) is 2.68. The average molecular weight is 400 g/mol. The zero-order chi connectivity index (χ0) is 19.2. The van der Waals surface area contributed by atoms with Crippen LogP contribution in [0.1, 0.15) is 35.8 Å². The Bertz CT molecular complexity index is 942. The van der Waals surface area contributed by atoms with Gasteiger partial charge in [-0.25, -0.2) is 4.79 Å². The maximum absolute atomic E-state index is 11.9. The number of pyridine rings is 1. The van der Waals surface area contributed by atoms with E-state index in [4.69, 9.17) is 9.47 Å². The van der Waals surface area contributed by atoms with Crippen LogP contribution in [0.4, 0.5) is 11.4 Å². The van der Waals surface area contributed by atoms with Gasteiger partial charge in [0.05, 0.1) is 24.8 Å². The van der Waals surface area contributed by atoms with Crippen molar-refractivity contribution in [2.45, 2.75) is 26.7 Å². The second-order valence-electron chi connectivity index (χ2n) is 6.39. The number of benzene rings is 2. The highest BCUT2D eigenvalue weighted by atomic mass is 35.5. The van der Waals surface area contributed by atoms with Gasteiger partial charge in [0.1, 0.15) is 5.75 Å². The molecule has 0 atom stereocenters. The van der Waals surface area contributed by atoms with Gasteiger partial charge >= 0.3 is 5.97 Å². The van der Waals surface area contributed by atoms with Gasteiger partial charge in [-0.15, -0.1) is 0 Å². The molecule has 0 aliphatic heterocycles. The van der Waals surface area contributed by atoms with Crippen molar-refractivity contribution >= 4 is 28.2 Å². The monoisotopic (exact) mass is 399 g/mol. The summed E-state index contributed by atoms with van der Waals surface area (Å²) in [6.07, 6.45) is 2.16. The molecule has 0 saturated heterocycles. The molecule has 0 amide bonds. The van der Waals surface area contributed by atoms with Crippen LogP contribution in [0.3, 0.4) is 0 Å². The third kappa shape index (κ3) is 5.14. The Hall–Kier alpha value is -2.79. The van der Waals surface area contributed by atoms with E-state index in [0.29, 0.717) is 5.56 Å². The fourth-order valence-electron chi connectivity index (χ4n) is 2.83. The molecule has 0 radical (unpaired) electrons. The maximum atomic E-state index is 11.9. The zero-order valence-electron chi connectivity index (χ0n) is 16.3. The fraction of sp³-hybridized carbons (Fsp3) is 0.273. The highest BCUT2D eigenvalue weighted by Gasteiger charge is 2.10. The van der Waals surface area contributed by atoms with Crippen LogP contribution in [-0.4, -0.2) is 24.7 Å². The Balaban J connectivity index is 0.00000280. The molecule has 3 aromatic rings. The van der Waals surface area contributed by atoms with Crippen molar-refractivity contribution in [3.8, 4) is 5.75 Å². The first-order chi connectivity index (χ1) is 13.1. The minimum atomic E-state index is -0.364. The predicted octanol–water partition coefficient (Wildman–Crippen LogP) is 2.26. The first-order valence-corrected chi connectivity index (χ1v) is 9.10. The summed E-state index contributed by atoms with van der Waals surface area (Å²) in [7, 11) is 1.38. The van der Waals surface area contributed by atoms with Crippen LogP contribution >= 0.6 is 0 Å². The van der Waals surface area contributed by atoms with Crippen LogP contribution in [0.25, 0.3) is 10.9 Å². The van der Waals surface area contributed by atoms with E-state index in [2.05, 4.69) is 17.2 Å². The molecule has 148 valence electrons. The molecular weight excluding hydrogens is 376 g/mol. The van der Waals surface area contributed by atoms with Gasteiger partial charge < -0.3 is 27.2 Å². The van der Waals surface area contributed by atoms with E-state index in [-0.39, 0.29) is 18.4 Å². The number of halogens is 1. The first-order valence-electron chi connectivity index (χ1n) is 9.10. The van der Waals surface area contributed by atoms with Crippen molar-refractivity contribution < 1.29 is 26.7 Å². The number of fused-ring (bicyclic) bond motifs is 1. The minimum absolute atomic E-state index is 0. The lowest BCUT2D eigenvalue weighted by atomic mass is 10.1. The van der Waals surface area contributed by atoms with Crippen LogP contribution < -0.4 is 22.5 Å². The van der Waals surface area contributed by atoms with Crippen LogP contribution in [0.2, 0.25) is 0 Å². The predicted molar refractivity (Wildman–Crippen MR) is 108 cm³/mol. The lowest BCUT2D eigenvalue weighted by Crippen LogP contribution is -3.00. The zero-order valence-corrected chi connectivity index (χ0v) is 17.0. The van der Waals surface area contributed by atoms with Crippen molar-refractivity contribution in [3.63, 3.8) is 0 Å². The van der Waals surface area contributed by atoms with Crippen molar-refractivity contribution in [3.05, 3.63) is 59.8 Å². The highest BCUT2D eigenvalue weighted by molar-refractivity contribution is 5.99. The molecular formula is C22H24ClN2O3-. The number of hydrogen-bond acceptors (Lipinski definition) is 5. The maximum Gasteiger partial charge on any atom is 0.337 e.